The van der Waals surface area contributed by atoms with Crippen LogP contribution in [-0.4, -0.2) is 29.9 Å². The van der Waals surface area contributed by atoms with Gasteiger partial charge >= 0.3 is 6.18 Å². The maximum atomic E-state index is 13.2. The Bertz CT molecular complexity index is 1280. The van der Waals surface area contributed by atoms with Crippen molar-refractivity contribution in [1.29, 1.82) is 0 Å². The van der Waals surface area contributed by atoms with Crippen LogP contribution >= 0.6 is 11.6 Å². The highest BCUT2D eigenvalue weighted by Crippen LogP contribution is 2.37. The van der Waals surface area contributed by atoms with Gasteiger partial charge in [-0.3, -0.25) is 4.98 Å². The maximum absolute atomic E-state index is 13.2. The lowest BCUT2D eigenvalue weighted by atomic mass is 9.92. The number of aromatic nitrogens is 6. The molecule has 3 aromatic heterocycles. The minimum Gasteiger partial charge on any atom is -0.336 e. The van der Waals surface area contributed by atoms with E-state index < -0.39 is 11.9 Å². The molecular weight excluding hydrogens is 453 g/mol. The molecule has 0 saturated carbocycles. The zero-order valence-corrected chi connectivity index (χ0v) is 18.2. The van der Waals surface area contributed by atoms with E-state index in [1.54, 1.807) is 6.33 Å². The maximum Gasteiger partial charge on any atom is 0.437 e. The van der Waals surface area contributed by atoms with Crippen LogP contribution in [0.3, 0.4) is 0 Å². The molecule has 0 spiro atoms. The van der Waals surface area contributed by atoms with Gasteiger partial charge in [0.2, 0.25) is 0 Å². The van der Waals surface area contributed by atoms with Crippen molar-refractivity contribution < 1.29 is 13.2 Å². The van der Waals surface area contributed by atoms with Crippen molar-refractivity contribution >= 4 is 11.6 Å². The molecule has 4 aromatic rings. The highest BCUT2D eigenvalue weighted by Gasteiger charge is 2.38. The van der Waals surface area contributed by atoms with E-state index in [9.17, 15) is 13.2 Å². The smallest absolute Gasteiger partial charge is 0.336 e. The number of pyridine rings is 1. The first kappa shape index (κ1) is 21.6. The normalized spacial score (nSPS) is 16.4. The largest absolute Gasteiger partial charge is 0.437 e. The van der Waals surface area contributed by atoms with Gasteiger partial charge in [0, 0.05) is 35.4 Å². The average Bonchev–Trinajstić information content (AvgIpc) is 3.42. The van der Waals surface area contributed by atoms with Crippen molar-refractivity contribution in [1.82, 2.24) is 29.9 Å². The zero-order chi connectivity index (χ0) is 23.0. The van der Waals surface area contributed by atoms with Gasteiger partial charge in [0.25, 0.3) is 0 Å². The molecule has 0 radical (unpaired) electrons. The molecule has 1 atom stereocenters. The monoisotopic (exact) mass is 472 g/mol. The number of benzene rings is 1. The van der Waals surface area contributed by atoms with E-state index in [2.05, 4.69) is 31.4 Å². The molecule has 1 N–H and O–H groups in total. The van der Waals surface area contributed by atoms with Gasteiger partial charge in [0.15, 0.2) is 5.69 Å². The zero-order valence-electron chi connectivity index (χ0n) is 17.5. The Hall–Kier alpha value is -3.20. The second-order valence-electron chi connectivity index (χ2n) is 8.16. The number of nitrogens with zero attached hydrogens (tertiary/aromatic N) is 5. The van der Waals surface area contributed by atoms with Gasteiger partial charge in [0.1, 0.15) is 11.4 Å². The highest BCUT2D eigenvalue weighted by atomic mass is 35.5. The van der Waals surface area contributed by atoms with E-state index in [0.29, 0.717) is 17.9 Å². The molecule has 0 aliphatic heterocycles. The Balaban J connectivity index is 1.42. The van der Waals surface area contributed by atoms with Crippen LogP contribution in [0.1, 0.15) is 42.0 Å². The summed E-state index contributed by atoms with van der Waals surface area (Å²) in [5.41, 5.74) is 2.47. The van der Waals surface area contributed by atoms with Crippen LogP contribution in [0.5, 0.6) is 0 Å². The molecule has 0 unspecified atom stereocenters. The van der Waals surface area contributed by atoms with Crippen LogP contribution in [0.25, 0.3) is 22.6 Å². The number of nitrogens with one attached hydrogen (secondary N) is 1. The number of aryl methyl sites for hydroxylation is 1. The molecule has 5 rings (SSSR count). The third-order valence-electron chi connectivity index (χ3n) is 5.98. The average molecular weight is 473 g/mol. The third kappa shape index (κ3) is 4.37. The third-order valence-corrected chi connectivity index (χ3v) is 6.31. The molecule has 0 amide bonds. The Morgan fingerprint density at radius 3 is 2.82 bits per heavy atom. The van der Waals surface area contributed by atoms with Gasteiger partial charge in [-0.1, -0.05) is 30.2 Å². The number of rotatable bonds is 4. The molecule has 1 aromatic carbocycles. The predicted molar refractivity (Wildman–Crippen MR) is 118 cm³/mol. The highest BCUT2D eigenvalue weighted by molar-refractivity contribution is 6.31. The van der Waals surface area contributed by atoms with Crippen molar-refractivity contribution in [2.75, 3.05) is 0 Å². The van der Waals surface area contributed by atoms with Crippen LogP contribution in [-0.2, 0) is 19.1 Å². The van der Waals surface area contributed by atoms with Gasteiger partial charge < -0.3 is 4.57 Å². The fourth-order valence-electron chi connectivity index (χ4n) is 4.48. The summed E-state index contributed by atoms with van der Waals surface area (Å²) in [5.74, 6) is 0.266. The first-order valence-corrected chi connectivity index (χ1v) is 11.0. The first-order valence-electron chi connectivity index (χ1n) is 10.6. The minimum absolute atomic E-state index is 0.264. The van der Waals surface area contributed by atoms with Crippen LogP contribution in [0, 0.1) is 0 Å². The van der Waals surface area contributed by atoms with E-state index in [-0.39, 0.29) is 17.2 Å². The van der Waals surface area contributed by atoms with E-state index in [1.165, 1.54) is 29.5 Å². The number of aromatic amines is 1. The lowest BCUT2D eigenvalue weighted by molar-refractivity contribution is -0.140. The number of imidazole rings is 1. The first-order chi connectivity index (χ1) is 15.9. The molecule has 1 aliphatic carbocycles. The molecule has 6 nitrogen and oxygen atoms in total. The molecule has 0 saturated heterocycles. The standard InChI is InChI=1S/C23H20ClF3N6/c24-17-7-3-6-14-4-1-2-5-16(20(14)17)11-33-12-19(29-13-33)18-10-15(8-9-28-18)21-22(23(25,26)27)31-32-30-21/h3,6-10,12-13,16H,1-2,4-5,11H2,(H,30,31,32)/t16-/m0/s1. The van der Waals surface area contributed by atoms with E-state index >= 15 is 0 Å². The fourth-order valence-corrected chi connectivity index (χ4v) is 4.83. The van der Waals surface area contributed by atoms with Crippen LogP contribution in [0.2, 0.25) is 5.02 Å². The molecule has 170 valence electrons. The van der Waals surface area contributed by atoms with Gasteiger partial charge in [0.05, 0.1) is 12.0 Å². The van der Waals surface area contributed by atoms with Crippen molar-refractivity contribution in [2.24, 2.45) is 0 Å². The molecule has 10 heteroatoms. The quantitative estimate of drug-likeness (QED) is 0.375. The van der Waals surface area contributed by atoms with Crippen LogP contribution < -0.4 is 0 Å². The van der Waals surface area contributed by atoms with Gasteiger partial charge in [-0.05, 0) is 48.6 Å². The van der Waals surface area contributed by atoms with Gasteiger partial charge in [-0.2, -0.15) is 28.6 Å². The van der Waals surface area contributed by atoms with Gasteiger partial charge in [-0.15, -0.1) is 0 Å². The second-order valence-corrected chi connectivity index (χ2v) is 8.57. The fraction of sp³-hybridized carbons (Fsp3) is 0.304. The molecule has 3 heterocycles. The summed E-state index contributed by atoms with van der Waals surface area (Å²) in [5, 5.41) is 9.80. The lowest BCUT2D eigenvalue weighted by Gasteiger charge is -2.19. The molecule has 33 heavy (non-hydrogen) atoms. The van der Waals surface area contributed by atoms with Crippen molar-refractivity contribution in [3.8, 4) is 22.6 Å². The van der Waals surface area contributed by atoms with E-state index in [4.69, 9.17) is 11.6 Å². The molecular formula is C23H20ClF3N6. The Kier molecular flexibility index (Phi) is 5.65. The Morgan fingerprint density at radius 2 is 1.97 bits per heavy atom. The number of fused-ring (bicyclic) bond motifs is 1. The number of halogens is 4. The minimum atomic E-state index is -4.61. The van der Waals surface area contributed by atoms with E-state index in [0.717, 1.165) is 30.7 Å². The van der Waals surface area contributed by atoms with Crippen LogP contribution in [0.15, 0.2) is 49.1 Å². The number of hydrogen-bond donors (Lipinski definition) is 1. The molecule has 0 fully saturated rings. The Labute approximate surface area is 192 Å². The SMILES string of the molecule is FC(F)(F)c1n[nH]nc1-c1ccnc(-c2cn(C[C@@H]3CCCCc4cccc(Cl)c43)cn2)c1. The summed E-state index contributed by atoms with van der Waals surface area (Å²) >= 11 is 6.56. The molecule has 0 bridgehead atoms. The van der Waals surface area contributed by atoms with Crippen molar-refractivity contribution in [3.05, 3.63) is 70.9 Å². The summed E-state index contributed by atoms with van der Waals surface area (Å²) in [6.07, 6.45) is 4.75. The van der Waals surface area contributed by atoms with Crippen molar-refractivity contribution in [2.45, 2.75) is 44.3 Å². The van der Waals surface area contributed by atoms with Crippen molar-refractivity contribution in [3.63, 3.8) is 0 Å². The summed E-state index contributed by atoms with van der Waals surface area (Å²) in [6, 6.07) is 9.09. The Morgan fingerprint density at radius 1 is 1.09 bits per heavy atom. The lowest BCUT2D eigenvalue weighted by Crippen LogP contribution is -2.09. The predicted octanol–water partition coefficient (Wildman–Crippen LogP) is 5.91. The molecule has 1 aliphatic rings. The number of alkyl halides is 3. The summed E-state index contributed by atoms with van der Waals surface area (Å²) in [6.45, 7) is 0.713. The summed E-state index contributed by atoms with van der Waals surface area (Å²) < 4.78 is 41.6. The van der Waals surface area contributed by atoms with Gasteiger partial charge in [-0.25, -0.2) is 4.98 Å². The summed E-state index contributed by atoms with van der Waals surface area (Å²) in [4.78, 5) is 8.75. The summed E-state index contributed by atoms with van der Waals surface area (Å²) in [7, 11) is 0. The van der Waals surface area contributed by atoms with Crippen LogP contribution in [0.4, 0.5) is 13.2 Å². The van der Waals surface area contributed by atoms with E-state index in [1.807, 2.05) is 22.9 Å². The number of hydrogen-bond acceptors (Lipinski definition) is 4. The number of H-pyrrole nitrogens is 1. The topological polar surface area (TPSA) is 72.3 Å². The second kappa shape index (κ2) is 8.62.